The third-order valence-corrected chi connectivity index (χ3v) is 9.45. The zero-order valence-corrected chi connectivity index (χ0v) is 21.3. The highest BCUT2D eigenvalue weighted by molar-refractivity contribution is 6.72. The SMILES string of the molecule is CC(C)=CCC/C(C)=C/CN1C(=O)[C@@]2(O[C@@H](CCO)[C@H]([Si](C)(C)F)[C@H]2C)c2ccccc21. The molecule has 0 saturated carbocycles. The van der Waals surface area contributed by atoms with Gasteiger partial charge in [-0.1, -0.05) is 48.4 Å². The second-order valence-corrected chi connectivity index (χ2v) is 13.9. The fourth-order valence-electron chi connectivity index (χ4n) is 5.52. The van der Waals surface area contributed by atoms with Crippen molar-refractivity contribution >= 4 is 20.0 Å². The molecular formula is C26H38FNO3Si. The maximum atomic E-state index is 15.4. The lowest BCUT2D eigenvalue weighted by molar-refractivity contribution is -0.146. The van der Waals surface area contributed by atoms with E-state index in [0.29, 0.717) is 13.0 Å². The fraction of sp³-hybridized carbons (Fsp3) is 0.577. The van der Waals surface area contributed by atoms with Crippen LogP contribution in [0.15, 0.2) is 47.6 Å². The summed E-state index contributed by atoms with van der Waals surface area (Å²) >= 11 is 0. The molecule has 2 heterocycles. The molecule has 6 heteroatoms. The molecule has 32 heavy (non-hydrogen) atoms. The van der Waals surface area contributed by atoms with Gasteiger partial charge >= 0.3 is 0 Å². The predicted octanol–water partition coefficient (Wildman–Crippen LogP) is 5.88. The standard InChI is InChI=1S/C26H38FNO3Si/c1-18(2)10-9-11-19(3)14-16-28-22-13-8-7-12-21(22)26(25(28)30)20(4)24(32(5,6)27)23(31-26)15-17-29/h7-8,10,12-14,20,23-24,29H,9,11,15-17H2,1-6H3/b19-14+/t20-,23+,24-,26+/m1/s1. The van der Waals surface area contributed by atoms with Crippen LogP contribution in [-0.4, -0.2) is 38.7 Å². The van der Waals surface area contributed by atoms with Gasteiger partial charge in [-0.15, -0.1) is 0 Å². The van der Waals surface area contributed by atoms with E-state index >= 15 is 4.11 Å². The van der Waals surface area contributed by atoms with Crippen LogP contribution in [-0.2, 0) is 15.1 Å². The third-order valence-electron chi connectivity index (χ3n) is 7.00. The number of carbonyl (C=O) groups is 1. The summed E-state index contributed by atoms with van der Waals surface area (Å²) in [7, 11) is -3.14. The zero-order valence-electron chi connectivity index (χ0n) is 20.3. The second-order valence-electron chi connectivity index (χ2n) is 10.1. The monoisotopic (exact) mass is 459 g/mol. The van der Waals surface area contributed by atoms with Crippen molar-refractivity contribution in [2.24, 2.45) is 5.92 Å². The van der Waals surface area contributed by atoms with E-state index in [1.165, 1.54) is 11.1 Å². The predicted molar refractivity (Wildman–Crippen MR) is 131 cm³/mol. The van der Waals surface area contributed by atoms with E-state index in [9.17, 15) is 9.90 Å². The quantitative estimate of drug-likeness (QED) is 0.300. The highest BCUT2D eigenvalue weighted by Crippen LogP contribution is 2.59. The largest absolute Gasteiger partial charge is 0.396 e. The van der Waals surface area contributed by atoms with Gasteiger partial charge in [-0.25, -0.2) is 0 Å². The number of fused-ring (bicyclic) bond motifs is 2. The molecule has 1 N–H and O–H groups in total. The Morgan fingerprint density at radius 2 is 1.94 bits per heavy atom. The molecule has 1 aromatic carbocycles. The second kappa shape index (κ2) is 9.62. The van der Waals surface area contributed by atoms with Crippen molar-refractivity contribution in [2.75, 3.05) is 18.1 Å². The maximum Gasteiger partial charge on any atom is 0.264 e. The number of allylic oxidation sites excluding steroid dienone is 3. The number of benzene rings is 1. The van der Waals surface area contributed by atoms with Crippen LogP contribution in [0.2, 0.25) is 18.6 Å². The van der Waals surface area contributed by atoms with Gasteiger partial charge in [-0.3, -0.25) is 4.79 Å². The first kappa shape index (κ1) is 24.9. The molecule has 3 rings (SSSR count). The number of nitrogens with zero attached hydrogens (tertiary/aromatic N) is 1. The van der Waals surface area contributed by atoms with Gasteiger partial charge in [0.2, 0.25) is 8.41 Å². The van der Waals surface area contributed by atoms with Crippen molar-refractivity contribution in [2.45, 2.75) is 77.3 Å². The zero-order chi connectivity index (χ0) is 23.7. The Bertz CT molecular complexity index is 903. The molecule has 0 radical (unpaired) electrons. The number of ether oxygens (including phenoxy) is 1. The number of hydrogen-bond donors (Lipinski definition) is 1. The van der Waals surface area contributed by atoms with Gasteiger partial charge in [0.05, 0.1) is 11.8 Å². The van der Waals surface area contributed by atoms with Gasteiger partial charge in [0, 0.05) is 30.2 Å². The first-order chi connectivity index (χ1) is 15.0. The van der Waals surface area contributed by atoms with Crippen LogP contribution in [0.4, 0.5) is 9.80 Å². The summed E-state index contributed by atoms with van der Waals surface area (Å²) in [5.41, 5.74) is 2.69. The van der Waals surface area contributed by atoms with Crippen molar-refractivity contribution in [1.29, 1.82) is 0 Å². The maximum absolute atomic E-state index is 15.4. The number of halogens is 1. The summed E-state index contributed by atoms with van der Waals surface area (Å²) in [5.74, 6) is -0.407. The summed E-state index contributed by atoms with van der Waals surface area (Å²) in [5, 5.41) is 9.60. The summed E-state index contributed by atoms with van der Waals surface area (Å²) in [6.45, 7) is 12.0. The number of carbonyl (C=O) groups excluding carboxylic acids is 1. The molecular weight excluding hydrogens is 421 g/mol. The van der Waals surface area contributed by atoms with Crippen molar-refractivity contribution < 1.29 is 18.7 Å². The number of amides is 1. The van der Waals surface area contributed by atoms with Crippen LogP contribution < -0.4 is 4.90 Å². The van der Waals surface area contributed by atoms with Crippen molar-refractivity contribution in [3.8, 4) is 0 Å². The Morgan fingerprint density at radius 3 is 2.56 bits per heavy atom. The van der Waals surface area contributed by atoms with Crippen molar-refractivity contribution in [3.05, 3.63) is 53.1 Å². The molecule has 0 unspecified atom stereocenters. The number of rotatable bonds is 8. The molecule has 4 nitrogen and oxygen atoms in total. The normalized spacial score (nSPS) is 27.9. The Morgan fingerprint density at radius 1 is 1.25 bits per heavy atom. The van der Waals surface area contributed by atoms with Gasteiger partial charge < -0.3 is 18.9 Å². The number of hydrogen-bond acceptors (Lipinski definition) is 3. The van der Waals surface area contributed by atoms with Crippen LogP contribution in [0.5, 0.6) is 0 Å². The van der Waals surface area contributed by atoms with E-state index in [1.54, 1.807) is 18.0 Å². The lowest BCUT2D eigenvalue weighted by Crippen LogP contribution is -2.45. The van der Waals surface area contributed by atoms with Gasteiger partial charge in [0.15, 0.2) is 5.60 Å². The van der Waals surface area contributed by atoms with Crippen LogP contribution in [0.25, 0.3) is 0 Å². The van der Waals surface area contributed by atoms with E-state index in [0.717, 1.165) is 24.1 Å². The van der Waals surface area contributed by atoms with Crippen molar-refractivity contribution in [1.82, 2.24) is 0 Å². The lowest BCUT2D eigenvalue weighted by atomic mass is 9.82. The summed E-state index contributed by atoms with van der Waals surface area (Å²) in [4.78, 5) is 15.7. The molecule has 0 aliphatic carbocycles. The van der Waals surface area contributed by atoms with Crippen LogP contribution in [0, 0.1) is 5.92 Å². The molecule has 176 valence electrons. The summed E-state index contributed by atoms with van der Waals surface area (Å²) in [6, 6.07) is 7.75. The van der Waals surface area contributed by atoms with Crippen LogP contribution in [0.1, 0.15) is 52.5 Å². The molecule has 1 aromatic rings. The first-order valence-corrected chi connectivity index (χ1v) is 14.7. The minimum absolute atomic E-state index is 0.0817. The first-order valence-electron chi connectivity index (χ1n) is 11.7. The molecule has 2 aliphatic rings. The third kappa shape index (κ3) is 4.50. The van der Waals surface area contributed by atoms with Gasteiger partial charge in [-0.05, 0) is 59.2 Å². The Kier molecular flexibility index (Phi) is 7.47. The molecule has 0 bridgehead atoms. The number of aliphatic hydroxyl groups is 1. The molecule has 1 spiro atoms. The Hall–Kier alpha value is -1.76. The smallest absolute Gasteiger partial charge is 0.264 e. The Balaban J connectivity index is 1.94. The highest BCUT2D eigenvalue weighted by Gasteiger charge is 2.66. The lowest BCUT2D eigenvalue weighted by Gasteiger charge is -2.31. The van der Waals surface area contributed by atoms with E-state index in [1.807, 2.05) is 31.2 Å². The highest BCUT2D eigenvalue weighted by atomic mass is 28.4. The minimum atomic E-state index is -3.14. The van der Waals surface area contributed by atoms with E-state index in [4.69, 9.17) is 4.74 Å². The average molecular weight is 460 g/mol. The molecule has 0 aromatic heterocycles. The van der Waals surface area contributed by atoms with Gasteiger partial charge in [-0.2, -0.15) is 0 Å². The summed E-state index contributed by atoms with van der Waals surface area (Å²) in [6.07, 6.45) is 6.16. The molecule has 1 amide bonds. The average Bonchev–Trinajstić information content (AvgIpc) is 3.13. The van der Waals surface area contributed by atoms with E-state index < -0.39 is 20.1 Å². The molecule has 2 aliphatic heterocycles. The number of para-hydroxylation sites is 1. The van der Waals surface area contributed by atoms with Gasteiger partial charge in [0.1, 0.15) is 0 Å². The van der Waals surface area contributed by atoms with E-state index in [2.05, 4.69) is 32.9 Å². The minimum Gasteiger partial charge on any atom is -0.396 e. The van der Waals surface area contributed by atoms with E-state index in [-0.39, 0.29) is 24.0 Å². The van der Waals surface area contributed by atoms with Crippen molar-refractivity contribution in [3.63, 3.8) is 0 Å². The summed E-state index contributed by atoms with van der Waals surface area (Å²) < 4.78 is 21.9. The topological polar surface area (TPSA) is 49.8 Å². The molecule has 1 saturated heterocycles. The number of anilines is 1. The molecule has 4 atom stereocenters. The van der Waals surface area contributed by atoms with Gasteiger partial charge in [0.25, 0.3) is 5.91 Å². The Labute approximate surface area is 193 Å². The van der Waals surface area contributed by atoms with Crippen LogP contribution in [0.3, 0.4) is 0 Å². The number of aliphatic hydroxyl groups excluding tert-OH is 1. The van der Waals surface area contributed by atoms with Crippen LogP contribution >= 0.6 is 0 Å². The molecule has 1 fully saturated rings. The fourth-order valence-corrected chi connectivity index (χ4v) is 8.06.